The minimum absolute atomic E-state index is 0.238. The Morgan fingerprint density at radius 3 is 2.76 bits per heavy atom. The summed E-state index contributed by atoms with van der Waals surface area (Å²) in [7, 11) is 0. The van der Waals surface area contributed by atoms with Gasteiger partial charge in [-0.15, -0.1) is 0 Å². The maximum Gasteiger partial charge on any atom is 0.168 e. The molecular formula is C11H14ClN3OS. The molecule has 1 fully saturated rings. The molecule has 3 N–H and O–H groups in total. The summed E-state index contributed by atoms with van der Waals surface area (Å²) < 4.78 is 5.33. The molecule has 4 nitrogen and oxygen atoms in total. The number of para-hydroxylation sites is 1. The van der Waals surface area contributed by atoms with Gasteiger partial charge in [-0.05, 0) is 24.4 Å². The summed E-state index contributed by atoms with van der Waals surface area (Å²) in [6.45, 7) is 3.04. The number of anilines is 2. The van der Waals surface area contributed by atoms with Gasteiger partial charge in [0.05, 0.1) is 29.6 Å². The van der Waals surface area contributed by atoms with E-state index in [1.54, 1.807) is 0 Å². The van der Waals surface area contributed by atoms with E-state index in [0.717, 1.165) is 24.5 Å². The summed E-state index contributed by atoms with van der Waals surface area (Å²) in [6, 6.07) is 5.64. The fourth-order valence-electron chi connectivity index (χ4n) is 1.86. The number of hydrogen-bond donors (Lipinski definition) is 2. The van der Waals surface area contributed by atoms with Crippen LogP contribution < -0.4 is 16.0 Å². The van der Waals surface area contributed by atoms with E-state index in [2.05, 4.69) is 10.2 Å². The number of ether oxygens (including phenoxy) is 1. The van der Waals surface area contributed by atoms with Gasteiger partial charge in [-0.2, -0.15) is 0 Å². The van der Waals surface area contributed by atoms with Gasteiger partial charge in [0.25, 0.3) is 0 Å². The van der Waals surface area contributed by atoms with Crippen molar-refractivity contribution in [2.75, 3.05) is 36.5 Å². The molecule has 1 aliphatic heterocycles. The fraction of sp³-hybridized carbons (Fsp3) is 0.364. The fourth-order valence-corrected chi connectivity index (χ4v) is 2.26. The van der Waals surface area contributed by atoms with E-state index in [1.807, 2.05) is 18.2 Å². The SMILES string of the molecule is NC(=S)Nc1cccc(Cl)c1N1CCOCC1. The van der Waals surface area contributed by atoms with Gasteiger partial charge >= 0.3 is 0 Å². The van der Waals surface area contributed by atoms with Crippen LogP contribution in [0.4, 0.5) is 11.4 Å². The van der Waals surface area contributed by atoms with Gasteiger partial charge in [0, 0.05) is 13.1 Å². The Balaban J connectivity index is 2.31. The molecule has 17 heavy (non-hydrogen) atoms. The molecule has 0 bridgehead atoms. The Morgan fingerprint density at radius 2 is 2.12 bits per heavy atom. The number of benzene rings is 1. The molecule has 0 unspecified atom stereocenters. The minimum Gasteiger partial charge on any atom is -0.378 e. The quantitative estimate of drug-likeness (QED) is 0.804. The molecular weight excluding hydrogens is 258 g/mol. The molecule has 1 aliphatic rings. The van der Waals surface area contributed by atoms with Crippen LogP contribution in [0.3, 0.4) is 0 Å². The summed E-state index contributed by atoms with van der Waals surface area (Å²) >= 11 is 11.1. The lowest BCUT2D eigenvalue weighted by Crippen LogP contribution is -2.37. The monoisotopic (exact) mass is 271 g/mol. The average molecular weight is 272 g/mol. The molecule has 1 aromatic carbocycles. The van der Waals surface area contributed by atoms with Crippen molar-refractivity contribution in [3.8, 4) is 0 Å². The summed E-state index contributed by atoms with van der Waals surface area (Å²) in [5.41, 5.74) is 7.28. The molecule has 0 radical (unpaired) electrons. The van der Waals surface area contributed by atoms with Crippen LogP contribution in [-0.2, 0) is 4.74 Å². The van der Waals surface area contributed by atoms with Gasteiger partial charge in [0.2, 0.25) is 0 Å². The Hall–Kier alpha value is -1.04. The number of nitrogens with zero attached hydrogens (tertiary/aromatic N) is 1. The first kappa shape index (κ1) is 12.4. The lowest BCUT2D eigenvalue weighted by Gasteiger charge is -2.31. The van der Waals surface area contributed by atoms with Gasteiger partial charge in [0.15, 0.2) is 5.11 Å². The predicted octanol–water partition coefficient (Wildman–Crippen LogP) is 1.83. The van der Waals surface area contributed by atoms with Crippen LogP contribution in [0.2, 0.25) is 5.02 Å². The molecule has 0 spiro atoms. The molecule has 1 saturated heterocycles. The van der Waals surface area contributed by atoms with E-state index in [0.29, 0.717) is 18.2 Å². The van der Waals surface area contributed by atoms with Crippen LogP contribution in [0.15, 0.2) is 18.2 Å². The first-order valence-corrected chi connectivity index (χ1v) is 6.15. The molecule has 0 atom stereocenters. The van der Waals surface area contributed by atoms with Gasteiger partial charge in [-0.1, -0.05) is 17.7 Å². The Kier molecular flexibility index (Phi) is 4.04. The van der Waals surface area contributed by atoms with Gasteiger partial charge in [0.1, 0.15) is 0 Å². The summed E-state index contributed by atoms with van der Waals surface area (Å²) in [6.07, 6.45) is 0. The van der Waals surface area contributed by atoms with Crippen molar-refractivity contribution in [3.63, 3.8) is 0 Å². The van der Waals surface area contributed by atoms with E-state index in [1.165, 1.54) is 0 Å². The van der Waals surface area contributed by atoms with Crippen LogP contribution in [0.25, 0.3) is 0 Å². The minimum atomic E-state index is 0.238. The number of morpholine rings is 1. The molecule has 1 heterocycles. The smallest absolute Gasteiger partial charge is 0.168 e. The number of halogens is 1. The van der Waals surface area contributed by atoms with Crippen LogP contribution >= 0.6 is 23.8 Å². The van der Waals surface area contributed by atoms with E-state index in [9.17, 15) is 0 Å². The Bertz CT molecular complexity index is 421. The zero-order valence-electron chi connectivity index (χ0n) is 9.28. The molecule has 0 aromatic heterocycles. The second kappa shape index (κ2) is 5.53. The maximum atomic E-state index is 6.24. The molecule has 2 rings (SSSR count). The average Bonchev–Trinajstić information content (AvgIpc) is 2.29. The summed E-state index contributed by atoms with van der Waals surface area (Å²) in [5.74, 6) is 0. The molecule has 0 saturated carbocycles. The predicted molar refractivity (Wildman–Crippen MR) is 74.9 cm³/mol. The molecule has 92 valence electrons. The molecule has 1 aromatic rings. The number of nitrogens with one attached hydrogen (secondary N) is 1. The highest BCUT2D eigenvalue weighted by atomic mass is 35.5. The third-order valence-corrected chi connectivity index (χ3v) is 2.98. The standard InChI is InChI=1S/C11H14ClN3OS/c12-8-2-1-3-9(14-11(13)17)10(8)15-4-6-16-7-5-15/h1-3H,4-7H2,(H3,13,14,17). The van der Waals surface area contributed by atoms with Crippen molar-refractivity contribution in [2.45, 2.75) is 0 Å². The second-order valence-corrected chi connectivity index (χ2v) is 4.57. The van der Waals surface area contributed by atoms with Crippen LogP contribution in [0.1, 0.15) is 0 Å². The maximum absolute atomic E-state index is 6.24. The summed E-state index contributed by atoms with van der Waals surface area (Å²) in [5, 5.41) is 3.88. The van der Waals surface area contributed by atoms with Crippen molar-refractivity contribution in [1.82, 2.24) is 0 Å². The highest BCUT2D eigenvalue weighted by molar-refractivity contribution is 7.80. The van der Waals surface area contributed by atoms with Crippen molar-refractivity contribution in [1.29, 1.82) is 0 Å². The first-order chi connectivity index (χ1) is 8.18. The van der Waals surface area contributed by atoms with E-state index >= 15 is 0 Å². The number of thiocarbonyl (C=S) groups is 1. The lowest BCUT2D eigenvalue weighted by atomic mass is 10.2. The molecule has 6 heteroatoms. The van der Waals surface area contributed by atoms with Crippen molar-refractivity contribution < 1.29 is 4.74 Å². The second-order valence-electron chi connectivity index (χ2n) is 3.72. The largest absolute Gasteiger partial charge is 0.378 e. The first-order valence-electron chi connectivity index (χ1n) is 5.36. The topological polar surface area (TPSA) is 50.5 Å². The lowest BCUT2D eigenvalue weighted by molar-refractivity contribution is 0.123. The highest BCUT2D eigenvalue weighted by Crippen LogP contribution is 2.34. The van der Waals surface area contributed by atoms with Crippen molar-refractivity contribution >= 4 is 40.3 Å². The summed E-state index contributed by atoms with van der Waals surface area (Å²) in [4.78, 5) is 2.17. The Labute approximate surface area is 111 Å². The Morgan fingerprint density at radius 1 is 1.41 bits per heavy atom. The van der Waals surface area contributed by atoms with Gasteiger partial charge in [-0.3, -0.25) is 0 Å². The van der Waals surface area contributed by atoms with Crippen LogP contribution in [0, 0.1) is 0 Å². The molecule has 0 aliphatic carbocycles. The van der Waals surface area contributed by atoms with Crippen LogP contribution in [-0.4, -0.2) is 31.4 Å². The zero-order chi connectivity index (χ0) is 12.3. The van der Waals surface area contributed by atoms with Crippen molar-refractivity contribution in [3.05, 3.63) is 23.2 Å². The van der Waals surface area contributed by atoms with Crippen LogP contribution in [0.5, 0.6) is 0 Å². The van der Waals surface area contributed by atoms with Gasteiger partial charge < -0.3 is 20.7 Å². The number of rotatable bonds is 2. The normalized spacial score (nSPS) is 15.7. The zero-order valence-corrected chi connectivity index (χ0v) is 10.9. The third-order valence-electron chi connectivity index (χ3n) is 2.57. The highest BCUT2D eigenvalue weighted by Gasteiger charge is 2.17. The number of hydrogen-bond acceptors (Lipinski definition) is 3. The third kappa shape index (κ3) is 3.00. The van der Waals surface area contributed by atoms with E-state index < -0.39 is 0 Å². The van der Waals surface area contributed by atoms with Crippen molar-refractivity contribution in [2.24, 2.45) is 5.73 Å². The van der Waals surface area contributed by atoms with E-state index in [4.69, 9.17) is 34.3 Å². The number of nitrogens with two attached hydrogens (primary N) is 1. The molecule has 0 amide bonds. The van der Waals surface area contributed by atoms with E-state index in [-0.39, 0.29) is 5.11 Å². The van der Waals surface area contributed by atoms with Gasteiger partial charge in [-0.25, -0.2) is 0 Å².